The fraction of sp³-hybridized carbons (Fsp3) is 0.583. The van der Waals surface area contributed by atoms with Gasteiger partial charge in [0.2, 0.25) is 0 Å². The third-order valence-corrected chi connectivity index (χ3v) is 7.58. The van der Waals surface area contributed by atoms with Crippen LogP contribution < -0.4 is 5.32 Å². The zero-order valence-corrected chi connectivity index (χ0v) is 19.0. The number of likely N-dealkylation sites (tertiary alicyclic amines) is 1. The summed E-state index contributed by atoms with van der Waals surface area (Å²) in [7, 11) is 0. The van der Waals surface area contributed by atoms with Crippen molar-refractivity contribution >= 4 is 22.7 Å². The Balaban J connectivity index is 1.56. The number of piperidine rings is 1. The van der Waals surface area contributed by atoms with E-state index in [4.69, 9.17) is 0 Å². The van der Waals surface area contributed by atoms with Gasteiger partial charge in [-0.15, -0.1) is 0 Å². The first-order valence-electron chi connectivity index (χ1n) is 11.3. The van der Waals surface area contributed by atoms with Crippen LogP contribution in [0.4, 0.5) is 4.39 Å². The Morgan fingerprint density at radius 2 is 1.94 bits per heavy atom. The molecule has 1 saturated carbocycles. The summed E-state index contributed by atoms with van der Waals surface area (Å²) in [5.41, 5.74) is 1.67. The third kappa shape index (κ3) is 5.83. The van der Waals surface area contributed by atoms with Gasteiger partial charge >= 0.3 is 0 Å². The number of rotatable bonds is 7. The first kappa shape index (κ1) is 22.6. The second kappa shape index (κ2) is 10.4. The molecular weight excluding hydrogens is 413 g/mol. The summed E-state index contributed by atoms with van der Waals surface area (Å²) in [4.78, 5) is 29.6. The summed E-state index contributed by atoms with van der Waals surface area (Å²) in [6.07, 6.45) is 4.86. The van der Waals surface area contributed by atoms with Crippen molar-refractivity contribution in [3.05, 3.63) is 47.3 Å². The molecule has 1 aliphatic carbocycles. The van der Waals surface area contributed by atoms with Gasteiger partial charge < -0.3 is 5.32 Å². The first-order chi connectivity index (χ1) is 15.0. The van der Waals surface area contributed by atoms with Crippen molar-refractivity contribution in [2.45, 2.75) is 37.5 Å². The number of hydrogen-bond donors (Lipinski definition) is 1. The highest BCUT2D eigenvalue weighted by atomic mass is 32.2. The lowest BCUT2D eigenvalue weighted by Crippen LogP contribution is -2.45. The molecule has 2 atom stereocenters. The molecule has 2 unspecified atom stereocenters. The summed E-state index contributed by atoms with van der Waals surface area (Å²) >= 11 is 1.39. The molecule has 0 bridgehead atoms. The van der Waals surface area contributed by atoms with Crippen molar-refractivity contribution in [1.29, 1.82) is 0 Å². The van der Waals surface area contributed by atoms with Crippen LogP contribution in [0.1, 0.15) is 37.8 Å². The van der Waals surface area contributed by atoms with Crippen molar-refractivity contribution in [2.24, 2.45) is 5.92 Å². The maximum Gasteiger partial charge on any atom is 0.186 e. The van der Waals surface area contributed by atoms with Gasteiger partial charge in [0.15, 0.2) is 10.9 Å². The Bertz CT molecular complexity index is 836. The zero-order chi connectivity index (χ0) is 21.8. The van der Waals surface area contributed by atoms with Gasteiger partial charge in [-0.05, 0) is 30.9 Å². The number of benzene rings is 1. The predicted molar refractivity (Wildman–Crippen MR) is 123 cm³/mol. The van der Waals surface area contributed by atoms with Gasteiger partial charge in [-0.3, -0.25) is 19.4 Å². The van der Waals surface area contributed by atoms with Crippen molar-refractivity contribution < 1.29 is 14.0 Å². The van der Waals surface area contributed by atoms with Crippen LogP contribution in [-0.2, 0) is 9.59 Å². The van der Waals surface area contributed by atoms with Crippen LogP contribution >= 0.6 is 11.8 Å². The van der Waals surface area contributed by atoms with E-state index in [0.717, 1.165) is 52.0 Å². The van der Waals surface area contributed by atoms with Crippen LogP contribution in [-0.4, -0.2) is 71.8 Å². The normalized spacial score (nSPS) is 25.5. The molecule has 7 heteroatoms. The molecule has 31 heavy (non-hydrogen) atoms. The van der Waals surface area contributed by atoms with Crippen LogP contribution in [0.2, 0.25) is 0 Å². The lowest BCUT2D eigenvalue weighted by Gasteiger charge is -2.39. The van der Waals surface area contributed by atoms with Gasteiger partial charge in [0, 0.05) is 69.5 Å². The summed E-state index contributed by atoms with van der Waals surface area (Å²) in [6, 6.07) is 6.14. The number of nitrogens with one attached hydrogen (secondary N) is 1. The second-order valence-corrected chi connectivity index (χ2v) is 10.2. The average Bonchev–Trinajstić information content (AvgIpc) is 3.61. The number of hydrogen-bond acceptors (Lipinski definition) is 6. The molecular formula is C24H32FN3O2S. The number of thioether (sulfide) groups is 1. The highest BCUT2D eigenvalue weighted by Crippen LogP contribution is 2.40. The summed E-state index contributed by atoms with van der Waals surface area (Å²) in [5.74, 6) is -0.112. The molecule has 2 saturated heterocycles. The smallest absolute Gasteiger partial charge is 0.186 e. The number of ketones is 1. The minimum absolute atomic E-state index is 0.0576. The first-order valence-corrected chi connectivity index (χ1v) is 12.2. The highest BCUT2D eigenvalue weighted by molar-refractivity contribution is 8.14. The number of carbonyl (C=O) groups is 2. The Morgan fingerprint density at radius 1 is 1.19 bits per heavy atom. The predicted octanol–water partition coefficient (Wildman–Crippen LogP) is 3.03. The van der Waals surface area contributed by atoms with E-state index in [2.05, 4.69) is 21.2 Å². The number of nitrogens with zero attached hydrogens (tertiary/aromatic N) is 2. The topological polar surface area (TPSA) is 52.7 Å². The van der Waals surface area contributed by atoms with Gasteiger partial charge in [-0.1, -0.05) is 36.0 Å². The van der Waals surface area contributed by atoms with E-state index in [9.17, 15) is 14.0 Å². The van der Waals surface area contributed by atoms with E-state index in [1.807, 2.05) is 6.07 Å². The molecule has 1 aromatic carbocycles. The van der Waals surface area contributed by atoms with Gasteiger partial charge in [-0.25, -0.2) is 4.39 Å². The minimum atomic E-state index is -0.542. The number of Topliss-reactive ketones (excluding diaryl/α,β-unsaturated/α-hetero) is 1. The maximum absolute atomic E-state index is 14.7. The van der Waals surface area contributed by atoms with Crippen LogP contribution in [0.15, 0.2) is 35.9 Å². The SMILES string of the molecule is CC(=O)SC1CCN(C(C(=O)C2CC2)c2ccccc2F)CC1=CCN1CCNCC1. The Morgan fingerprint density at radius 3 is 2.61 bits per heavy atom. The molecule has 0 aromatic heterocycles. The molecule has 1 N–H and O–H groups in total. The number of carbonyl (C=O) groups excluding carboxylic acids is 2. The fourth-order valence-corrected chi connectivity index (χ4v) is 5.54. The molecule has 1 aromatic rings. The molecule has 3 fully saturated rings. The van der Waals surface area contributed by atoms with Crippen molar-refractivity contribution in [3.63, 3.8) is 0 Å². The van der Waals surface area contributed by atoms with E-state index < -0.39 is 6.04 Å². The molecule has 4 rings (SSSR count). The summed E-state index contributed by atoms with van der Waals surface area (Å²) in [6.45, 7) is 7.76. The molecule has 168 valence electrons. The minimum Gasteiger partial charge on any atom is -0.314 e. The number of piperazine rings is 1. The molecule has 5 nitrogen and oxygen atoms in total. The molecule has 0 amide bonds. The van der Waals surface area contributed by atoms with Crippen LogP contribution in [0.25, 0.3) is 0 Å². The lowest BCUT2D eigenvalue weighted by molar-refractivity contribution is -0.126. The standard InChI is InChI=1S/C24H32FN3O2S/c1-17(29)31-22-9-13-28(16-19(22)8-12-27-14-10-26-11-15-27)23(24(30)18-6-7-18)20-4-2-3-5-21(20)25/h2-5,8,18,22-23,26H,6-7,9-16H2,1H3. The molecule has 3 aliphatic rings. The van der Waals surface area contributed by atoms with Gasteiger partial charge in [0.25, 0.3) is 0 Å². The van der Waals surface area contributed by atoms with E-state index in [-0.39, 0.29) is 27.9 Å². The van der Waals surface area contributed by atoms with Gasteiger partial charge in [-0.2, -0.15) is 0 Å². The van der Waals surface area contributed by atoms with E-state index in [1.54, 1.807) is 19.1 Å². The quantitative estimate of drug-likeness (QED) is 0.651. The molecule has 0 spiro atoms. The van der Waals surface area contributed by atoms with E-state index in [0.29, 0.717) is 18.7 Å². The van der Waals surface area contributed by atoms with E-state index >= 15 is 0 Å². The van der Waals surface area contributed by atoms with Crippen molar-refractivity contribution in [2.75, 3.05) is 45.8 Å². The van der Waals surface area contributed by atoms with Crippen molar-refractivity contribution in [3.8, 4) is 0 Å². The van der Waals surface area contributed by atoms with Gasteiger partial charge in [0.1, 0.15) is 5.82 Å². The van der Waals surface area contributed by atoms with Crippen LogP contribution in [0.3, 0.4) is 0 Å². The monoisotopic (exact) mass is 445 g/mol. The maximum atomic E-state index is 14.7. The largest absolute Gasteiger partial charge is 0.314 e. The molecule has 0 radical (unpaired) electrons. The molecule has 2 aliphatic heterocycles. The van der Waals surface area contributed by atoms with Crippen molar-refractivity contribution in [1.82, 2.24) is 15.1 Å². The highest BCUT2D eigenvalue weighted by Gasteiger charge is 2.41. The summed E-state index contributed by atoms with van der Waals surface area (Å²) < 4.78 is 14.7. The van der Waals surface area contributed by atoms with Gasteiger partial charge in [0.05, 0.1) is 6.04 Å². The number of halogens is 1. The Kier molecular flexibility index (Phi) is 7.59. The molecule has 2 heterocycles. The van der Waals surface area contributed by atoms with E-state index in [1.165, 1.54) is 23.4 Å². The Hall–Kier alpha value is -1.54. The summed E-state index contributed by atoms with van der Waals surface area (Å²) in [5, 5.41) is 3.62. The van der Waals surface area contributed by atoms with Crippen LogP contribution in [0, 0.1) is 11.7 Å². The lowest BCUT2D eigenvalue weighted by atomic mass is 9.93. The third-order valence-electron chi connectivity index (χ3n) is 6.42. The fourth-order valence-electron chi connectivity index (χ4n) is 4.59. The second-order valence-electron chi connectivity index (χ2n) is 8.79. The Labute approximate surface area is 188 Å². The zero-order valence-electron chi connectivity index (χ0n) is 18.2. The average molecular weight is 446 g/mol. The van der Waals surface area contributed by atoms with Crippen LogP contribution in [0.5, 0.6) is 0 Å².